The van der Waals surface area contributed by atoms with Gasteiger partial charge in [0.15, 0.2) is 0 Å². The van der Waals surface area contributed by atoms with Gasteiger partial charge in [-0.25, -0.2) is 4.79 Å². The maximum absolute atomic E-state index is 12.5. The molecule has 170 valence electrons. The molecule has 2 aromatic carbocycles. The average molecular weight is 511 g/mol. The van der Waals surface area contributed by atoms with Crippen molar-refractivity contribution in [3.8, 4) is 11.4 Å². The molecule has 1 unspecified atom stereocenters. The summed E-state index contributed by atoms with van der Waals surface area (Å²) in [6.07, 6.45) is -0.567. The molecule has 2 aromatic heterocycles. The molecule has 0 fully saturated rings. The summed E-state index contributed by atoms with van der Waals surface area (Å²) in [4.78, 5) is 26.4. The van der Waals surface area contributed by atoms with Crippen molar-refractivity contribution in [1.29, 1.82) is 0 Å². The molecule has 1 aliphatic heterocycles. The van der Waals surface area contributed by atoms with Crippen molar-refractivity contribution in [3.63, 3.8) is 0 Å². The lowest BCUT2D eigenvalue weighted by Crippen LogP contribution is -2.38. The molecule has 1 aliphatic rings. The molecule has 0 radical (unpaired) electrons. The van der Waals surface area contributed by atoms with Gasteiger partial charge in [0, 0.05) is 31.9 Å². The third-order valence-corrected chi connectivity index (χ3v) is 6.16. The molecule has 1 amide bonds. The van der Waals surface area contributed by atoms with Gasteiger partial charge >= 0.3 is 6.09 Å². The molecular formula is C24H23BrN4O4. The number of carbonyl (C=O) groups excluding carboxylic acids is 1. The summed E-state index contributed by atoms with van der Waals surface area (Å²) in [6.45, 7) is 6.32. The first-order chi connectivity index (χ1) is 15.8. The maximum atomic E-state index is 12.5. The van der Waals surface area contributed by atoms with E-state index in [1.165, 1.54) is 12.2 Å². The first-order valence-corrected chi connectivity index (χ1v) is 11.3. The number of H-pyrrole nitrogens is 1. The number of carbonyl (C=O) groups is 1. The first kappa shape index (κ1) is 21.7. The number of rotatable bonds is 2. The van der Waals surface area contributed by atoms with Crippen LogP contribution in [0.25, 0.3) is 22.3 Å². The van der Waals surface area contributed by atoms with Gasteiger partial charge in [-0.3, -0.25) is 4.84 Å². The van der Waals surface area contributed by atoms with E-state index in [1.807, 2.05) is 63.2 Å². The Hall–Kier alpha value is -3.17. The van der Waals surface area contributed by atoms with E-state index >= 15 is 0 Å². The molecule has 1 N–H and O–H groups in total. The Morgan fingerprint density at radius 1 is 1.21 bits per heavy atom. The van der Waals surface area contributed by atoms with Crippen molar-refractivity contribution in [2.75, 3.05) is 7.11 Å². The number of hydrogen-bond acceptors (Lipinski definition) is 6. The summed E-state index contributed by atoms with van der Waals surface area (Å²) >= 11 is 3.54. The summed E-state index contributed by atoms with van der Waals surface area (Å²) in [6, 6.07) is 13.2. The lowest BCUT2D eigenvalue weighted by molar-refractivity contribution is -0.173. The molecule has 4 aromatic rings. The quantitative estimate of drug-likeness (QED) is 0.361. The Balaban J connectivity index is 1.56. The van der Waals surface area contributed by atoms with E-state index in [1.54, 1.807) is 0 Å². The highest BCUT2D eigenvalue weighted by atomic mass is 79.9. The van der Waals surface area contributed by atoms with Gasteiger partial charge in [0.2, 0.25) is 11.7 Å². The maximum Gasteiger partial charge on any atom is 0.434 e. The minimum atomic E-state index is -0.567. The van der Waals surface area contributed by atoms with Crippen LogP contribution in [0, 0.1) is 0 Å². The minimum Gasteiger partial charge on any atom is -0.451 e. The summed E-state index contributed by atoms with van der Waals surface area (Å²) < 4.78 is 11.4. The number of hydroxylamine groups is 2. The summed E-state index contributed by atoms with van der Waals surface area (Å²) in [7, 11) is 1.34. The number of ether oxygens (including phenoxy) is 1. The van der Waals surface area contributed by atoms with Crippen LogP contribution in [0.4, 0.5) is 4.79 Å². The molecule has 0 saturated heterocycles. The topological polar surface area (TPSA) is 93.5 Å². The number of aromatic amines is 1. The predicted molar refractivity (Wildman–Crippen MR) is 125 cm³/mol. The van der Waals surface area contributed by atoms with Gasteiger partial charge in [-0.1, -0.05) is 66.1 Å². The molecule has 3 heterocycles. The zero-order valence-corrected chi connectivity index (χ0v) is 20.3. The smallest absolute Gasteiger partial charge is 0.434 e. The van der Waals surface area contributed by atoms with Crippen LogP contribution in [0.1, 0.15) is 49.5 Å². The van der Waals surface area contributed by atoms with Gasteiger partial charge in [-0.2, -0.15) is 10.0 Å². The monoisotopic (exact) mass is 510 g/mol. The average Bonchev–Trinajstić information content (AvgIpc) is 3.43. The molecule has 33 heavy (non-hydrogen) atoms. The molecule has 8 nitrogen and oxygen atoms in total. The molecule has 0 spiro atoms. The SMILES string of the molecule is COC(=O)N1OCc2c([nH]c3ccc(Br)cc23)C1c1ccc(-c2noc(C(C)(C)C)n2)cc1. The number of amides is 1. The number of methoxy groups -OCH3 is 1. The van der Waals surface area contributed by atoms with Crippen LogP contribution in [0.15, 0.2) is 51.5 Å². The van der Waals surface area contributed by atoms with Crippen LogP contribution < -0.4 is 0 Å². The van der Waals surface area contributed by atoms with Crippen LogP contribution in [-0.2, 0) is 21.6 Å². The third kappa shape index (κ3) is 3.81. The predicted octanol–water partition coefficient (Wildman–Crippen LogP) is 5.88. The van der Waals surface area contributed by atoms with Crippen molar-refractivity contribution in [1.82, 2.24) is 20.2 Å². The molecule has 0 aliphatic carbocycles. The van der Waals surface area contributed by atoms with Crippen LogP contribution in [0.5, 0.6) is 0 Å². The molecular weight excluding hydrogens is 488 g/mol. The molecule has 0 bridgehead atoms. The van der Waals surface area contributed by atoms with Crippen molar-refractivity contribution < 1.29 is 18.9 Å². The number of fused-ring (bicyclic) bond motifs is 3. The highest BCUT2D eigenvalue weighted by Crippen LogP contribution is 2.40. The molecule has 9 heteroatoms. The van der Waals surface area contributed by atoms with Gasteiger partial charge < -0.3 is 14.2 Å². The number of nitrogens with zero attached hydrogens (tertiary/aromatic N) is 3. The third-order valence-electron chi connectivity index (χ3n) is 5.66. The Morgan fingerprint density at radius 2 is 1.97 bits per heavy atom. The lowest BCUT2D eigenvalue weighted by atomic mass is 9.96. The second-order valence-corrected chi connectivity index (χ2v) is 9.89. The fraction of sp³-hybridized carbons (Fsp3) is 0.292. The van der Waals surface area contributed by atoms with E-state index < -0.39 is 12.1 Å². The van der Waals surface area contributed by atoms with Crippen LogP contribution in [0.3, 0.4) is 0 Å². The van der Waals surface area contributed by atoms with Crippen LogP contribution >= 0.6 is 15.9 Å². The largest absolute Gasteiger partial charge is 0.451 e. The zero-order valence-electron chi connectivity index (χ0n) is 18.7. The van der Waals surface area contributed by atoms with E-state index in [2.05, 4.69) is 31.1 Å². The number of hydrogen-bond donors (Lipinski definition) is 1. The fourth-order valence-electron chi connectivity index (χ4n) is 3.97. The Labute approximate surface area is 199 Å². The van der Waals surface area contributed by atoms with E-state index in [0.717, 1.165) is 37.8 Å². The number of benzene rings is 2. The van der Waals surface area contributed by atoms with Gasteiger partial charge in [-0.05, 0) is 23.8 Å². The van der Waals surface area contributed by atoms with Crippen molar-refractivity contribution in [2.45, 2.75) is 38.8 Å². The summed E-state index contributed by atoms with van der Waals surface area (Å²) in [5.74, 6) is 1.10. The summed E-state index contributed by atoms with van der Waals surface area (Å²) in [5.41, 5.74) is 4.32. The highest BCUT2D eigenvalue weighted by molar-refractivity contribution is 9.10. The normalized spacial score (nSPS) is 16.2. The van der Waals surface area contributed by atoms with Gasteiger partial charge in [0.1, 0.15) is 12.6 Å². The van der Waals surface area contributed by atoms with Gasteiger partial charge in [-0.15, -0.1) is 0 Å². The molecule has 1 atom stereocenters. The Morgan fingerprint density at radius 3 is 2.64 bits per heavy atom. The Bertz CT molecular complexity index is 1340. The van der Waals surface area contributed by atoms with Crippen LogP contribution in [-0.4, -0.2) is 33.4 Å². The number of aromatic nitrogens is 3. The van der Waals surface area contributed by atoms with E-state index in [9.17, 15) is 4.79 Å². The second kappa shape index (κ2) is 8.00. The number of halogens is 1. The second-order valence-electron chi connectivity index (χ2n) is 8.97. The molecule has 5 rings (SSSR count). The van der Waals surface area contributed by atoms with Crippen LogP contribution in [0.2, 0.25) is 0 Å². The van der Waals surface area contributed by atoms with Crippen molar-refractivity contribution in [3.05, 3.63) is 69.6 Å². The van der Waals surface area contributed by atoms with E-state index in [4.69, 9.17) is 14.1 Å². The molecule has 0 saturated carbocycles. The fourth-order valence-corrected chi connectivity index (χ4v) is 4.33. The van der Waals surface area contributed by atoms with E-state index in [-0.39, 0.29) is 12.0 Å². The lowest BCUT2D eigenvalue weighted by Gasteiger charge is -2.33. The minimum absolute atomic E-state index is 0.230. The zero-order chi connectivity index (χ0) is 23.3. The Kier molecular flexibility index (Phi) is 5.25. The summed E-state index contributed by atoms with van der Waals surface area (Å²) in [5, 5.41) is 6.44. The highest BCUT2D eigenvalue weighted by Gasteiger charge is 2.37. The standard InChI is InChI=1S/C24H23BrN4O4/c1-24(2,3)22-27-21(28-33-22)14-7-5-13(6-8-14)20-19-17(12-32-29(20)23(30)31-4)16-11-15(25)9-10-18(16)26-19/h5-11,20,26H,12H2,1-4H3. The van der Waals surface area contributed by atoms with E-state index in [0.29, 0.717) is 11.7 Å². The number of nitrogens with one attached hydrogen (secondary N) is 1. The van der Waals surface area contributed by atoms with Crippen molar-refractivity contribution >= 4 is 32.9 Å². The first-order valence-electron chi connectivity index (χ1n) is 10.5. The van der Waals surface area contributed by atoms with Gasteiger partial charge in [0.05, 0.1) is 12.8 Å². The van der Waals surface area contributed by atoms with Gasteiger partial charge in [0.25, 0.3) is 0 Å². The van der Waals surface area contributed by atoms with Crippen molar-refractivity contribution in [2.24, 2.45) is 0 Å².